The van der Waals surface area contributed by atoms with E-state index in [2.05, 4.69) is 19.2 Å². The quantitative estimate of drug-likeness (QED) is 0.672. The molecule has 19 heavy (non-hydrogen) atoms. The summed E-state index contributed by atoms with van der Waals surface area (Å²) in [6.45, 7) is 6.95. The van der Waals surface area contributed by atoms with E-state index >= 15 is 0 Å². The third-order valence-corrected chi connectivity index (χ3v) is 2.69. The van der Waals surface area contributed by atoms with Gasteiger partial charge < -0.3 is 19.9 Å². The van der Waals surface area contributed by atoms with Gasteiger partial charge in [-0.1, -0.05) is 26.0 Å². The molecule has 0 heterocycles. The van der Waals surface area contributed by atoms with E-state index in [1.54, 1.807) is 7.11 Å². The van der Waals surface area contributed by atoms with E-state index in [-0.39, 0.29) is 0 Å². The van der Waals surface area contributed by atoms with E-state index < -0.39 is 6.10 Å². The van der Waals surface area contributed by atoms with Crippen LogP contribution in [0.3, 0.4) is 0 Å². The van der Waals surface area contributed by atoms with Crippen LogP contribution in [0.4, 0.5) is 0 Å². The summed E-state index contributed by atoms with van der Waals surface area (Å²) in [5.41, 5.74) is 0.856. The predicted octanol–water partition coefficient (Wildman–Crippen LogP) is 1.99. The Kier molecular flexibility index (Phi) is 7.48. The van der Waals surface area contributed by atoms with Crippen LogP contribution in [0.2, 0.25) is 0 Å². The Labute approximate surface area is 115 Å². The summed E-state index contributed by atoms with van der Waals surface area (Å²) in [6.07, 6.45) is -0.528. The first-order valence-corrected chi connectivity index (χ1v) is 6.74. The predicted molar refractivity (Wildman–Crippen MR) is 76.5 cm³/mol. The topological polar surface area (TPSA) is 50.7 Å². The van der Waals surface area contributed by atoms with Gasteiger partial charge in [0, 0.05) is 19.7 Å². The highest BCUT2D eigenvalue weighted by Crippen LogP contribution is 2.18. The number of nitrogens with one attached hydrogen (secondary N) is 1. The van der Waals surface area contributed by atoms with E-state index in [0.29, 0.717) is 19.1 Å². The molecule has 4 heteroatoms. The van der Waals surface area contributed by atoms with Gasteiger partial charge in [0.2, 0.25) is 0 Å². The van der Waals surface area contributed by atoms with E-state index in [9.17, 15) is 5.11 Å². The second kappa shape index (κ2) is 8.91. The maximum Gasteiger partial charge on any atom is 0.119 e. The highest BCUT2D eigenvalue weighted by molar-refractivity contribution is 5.29. The van der Waals surface area contributed by atoms with Gasteiger partial charge in [-0.15, -0.1) is 0 Å². The molecule has 0 saturated heterocycles. The molecule has 1 aromatic rings. The second-order valence-electron chi connectivity index (χ2n) is 4.97. The third kappa shape index (κ3) is 6.57. The van der Waals surface area contributed by atoms with E-state index in [4.69, 9.17) is 9.47 Å². The molecule has 0 aliphatic carbocycles. The zero-order valence-corrected chi connectivity index (χ0v) is 12.1. The lowest BCUT2D eigenvalue weighted by Crippen LogP contribution is -2.25. The van der Waals surface area contributed by atoms with Gasteiger partial charge in [0.15, 0.2) is 0 Å². The van der Waals surface area contributed by atoms with Crippen molar-refractivity contribution in [2.45, 2.75) is 20.0 Å². The van der Waals surface area contributed by atoms with Crippen molar-refractivity contribution in [3.05, 3.63) is 29.8 Å². The fourth-order valence-corrected chi connectivity index (χ4v) is 1.67. The number of rotatable bonds is 9. The molecule has 2 N–H and O–H groups in total. The van der Waals surface area contributed by atoms with Crippen molar-refractivity contribution in [2.24, 2.45) is 5.92 Å². The Morgan fingerprint density at radius 1 is 1.32 bits per heavy atom. The first-order chi connectivity index (χ1) is 9.13. The van der Waals surface area contributed by atoms with Gasteiger partial charge in [0.1, 0.15) is 5.75 Å². The zero-order chi connectivity index (χ0) is 14.1. The Balaban J connectivity index is 2.21. The lowest BCUT2D eigenvalue weighted by Gasteiger charge is -2.13. The molecule has 0 aromatic heterocycles. The molecule has 0 amide bonds. The molecular weight excluding hydrogens is 242 g/mol. The highest BCUT2D eigenvalue weighted by atomic mass is 16.5. The second-order valence-corrected chi connectivity index (χ2v) is 4.97. The monoisotopic (exact) mass is 267 g/mol. The zero-order valence-electron chi connectivity index (χ0n) is 12.1. The van der Waals surface area contributed by atoms with Crippen molar-refractivity contribution in [1.29, 1.82) is 0 Å². The molecule has 0 aliphatic heterocycles. The van der Waals surface area contributed by atoms with Gasteiger partial charge in [-0.3, -0.25) is 0 Å². The number of hydrogen-bond donors (Lipinski definition) is 2. The van der Waals surface area contributed by atoms with Crippen LogP contribution in [-0.2, 0) is 4.74 Å². The fourth-order valence-electron chi connectivity index (χ4n) is 1.67. The van der Waals surface area contributed by atoms with Crippen LogP contribution in [-0.4, -0.2) is 38.5 Å². The maximum atomic E-state index is 10.0. The van der Waals surface area contributed by atoms with E-state index in [1.165, 1.54) is 0 Å². The fraction of sp³-hybridized carbons (Fsp3) is 0.600. The van der Waals surface area contributed by atoms with Crippen LogP contribution >= 0.6 is 0 Å². The summed E-state index contributed by atoms with van der Waals surface area (Å²) >= 11 is 0. The number of hydrogen-bond acceptors (Lipinski definition) is 4. The van der Waals surface area contributed by atoms with Crippen LogP contribution in [0, 0.1) is 5.92 Å². The lowest BCUT2D eigenvalue weighted by atomic mass is 10.1. The van der Waals surface area contributed by atoms with Crippen LogP contribution in [0.5, 0.6) is 5.75 Å². The van der Waals surface area contributed by atoms with Gasteiger partial charge in [-0.2, -0.15) is 0 Å². The molecular formula is C15H25NO3. The molecule has 1 aromatic carbocycles. The summed E-state index contributed by atoms with van der Waals surface area (Å²) < 4.78 is 10.6. The van der Waals surface area contributed by atoms with Gasteiger partial charge in [-0.05, 0) is 23.6 Å². The molecule has 0 bridgehead atoms. The summed E-state index contributed by atoms with van der Waals surface area (Å²) in [4.78, 5) is 0. The molecule has 1 rings (SSSR count). The number of aliphatic hydroxyl groups is 1. The minimum absolute atomic E-state index is 0.512. The molecule has 1 atom stereocenters. The average Bonchev–Trinajstić information content (AvgIpc) is 2.42. The minimum atomic E-state index is -0.528. The van der Waals surface area contributed by atoms with Crippen LogP contribution in [0.15, 0.2) is 24.3 Å². The normalized spacial score (nSPS) is 12.7. The maximum absolute atomic E-state index is 10.0. The Hall–Kier alpha value is -1.10. The first-order valence-electron chi connectivity index (χ1n) is 6.74. The number of aliphatic hydroxyl groups excluding tert-OH is 1. The van der Waals surface area contributed by atoms with Crippen molar-refractivity contribution in [1.82, 2.24) is 5.32 Å². The summed E-state index contributed by atoms with van der Waals surface area (Å²) in [7, 11) is 1.62. The number of ether oxygens (including phenoxy) is 2. The largest absolute Gasteiger partial charge is 0.497 e. The number of benzene rings is 1. The SMILES string of the molecule is COc1cccc(C(O)CNCCOCC(C)C)c1. The van der Waals surface area contributed by atoms with Crippen molar-refractivity contribution in [3.8, 4) is 5.75 Å². The molecule has 0 radical (unpaired) electrons. The minimum Gasteiger partial charge on any atom is -0.497 e. The van der Waals surface area contributed by atoms with Crippen LogP contribution in [0.25, 0.3) is 0 Å². The summed E-state index contributed by atoms with van der Waals surface area (Å²) in [5.74, 6) is 1.32. The standard InChI is InChI=1S/C15H25NO3/c1-12(2)11-19-8-7-16-10-15(17)13-5-4-6-14(9-13)18-3/h4-6,9,12,15-17H,7-8,10-11H2,1-3H3. The molecule has 0 fully saturated rings. The summed E-state index contributed by atoms with van der Waals surface area (Å²) in [6, 6.07) is 7.48. The van der Waals surface area contributed by atoms with E-state index in [0.717, 1.165) is 24.5 Å². The molecule has 108 valence electrons. The average molecular weight is 267 g/mol. The Morgan fingerprint density at radius 2 is 2.11 bits per heavy atom. The van der Waals surface area contributed by atoms with Gasteiger partial charge in [0.25, 0.3) is 0 Å². The van der Waals surface area contributed by atoms with Gasteiger partial charge in [-0.25, -0.2) is 0 Å². The smallest absolute Gasteiger partial charge is 0.119 e. The molecule has 0 saturated carbocycles. The van der Waals surface area contributed by atoms with Crippen molar-refractivity contribution in [2.75, 3.05) is 33.4 Å². The van der Waals surface area contributed by atoms with Gasteiger partial charge in [0.05, 0.1) is 19.8 Å². The summed E-state index contributed by atoms with van der Waals surface area (Å²) in [5, 5.41) is 13.2. The van der Waals surface area contributed by atoms with Crippen LogP contribution < -0.4 is 10.1 Å². The highest BCUT2D eigenvalue weighted by Gasteiger charge is 2.07. The Bertz CT molecular complexity index is 355. The lowest BCUT2D eigenvalue weighted by molar-refractivity contribution is 0.107. The number of methoxy groups -OCH3 is 1. The molecule has 0 spiro atoms. The van der Waals surface area contributed by atoms with E-state index in [1.807, 2.05) is 24.3 Å². The van der Waals surface area contributed by atoms with Crippen LogP contribution in [0.1, 0.15) is 25.5 Å². The molecule has 1 unspecified atom stereocenters. The van der Waals surface area contributed by atoms with Crippen molar-refractivity contribution >= 4 is 0 Å². The molecule has 4 nitrogen and oxygen atoms in total. The van der Waals surface area contributed by atoms with Gasteiger partial charge >= 0.3 is 0 Å². The first kappa shape index (κ1) is 16.0. The molecule has 0 aliphatic rings. The third-order valence-electron chi connectivity index (χ3n) is 2.69. The van der Waals surface area contributed by atoms with Crippen molar-refractivity contribution in [3.63, 3.8) is 0 Å². The van der Waals surface area contributed by atoms with Crippen molar-refractivity contribution < 1.29 is 14.6 Å². The Morgan fingerprint density at radius 3 is 2.79 bits per heavy atom.